The molecule has 0 bridgehead atoms. The van der Waals surface area contributed by atoms with E-state index < -0.39 is 15.6 Å². The smallest absolute Gasteiger partial charge is 0.410 e. The Morgan fingerprint density at radius 3 is 2.39 bits per heavy atom. The Morgan fingerprint density at radius 2 is 1.75 bits per heavy atom. The van der Waals surface area contributed by atoms with E-state index in [1.807, 2.05) is 39.8 Å². The summed E-state index contributed by atoms with van der Waals surface area (Å²) in [4.78, 5) is 14.2. The molecular formula is C21H26N2O4S. The van der Waals surface area contributed by atoms with E-state index in [4.69, 9.17) is 4.74 Å². The van der Waals surface area contributed by atoms with E-state index in [9.17, 15) is 13.2 Å². The van der Waals surface area contributed by atoms with Gasteiger partial charge in [-0.15, -0.1) is 0 Å². The number of fused-ring (bicyclic) bond motifs is 1. The van der Waals surface area contributed by atoms with Crippen LogP contribution >= 0.6 is 0 Å². The average Bonchev–Trinajstić information content (AvgIpc) is 2.60. The first-order valence-electron chi connectivity index (χ1n) is 9.23. The normalized spacial score (nSPS) is 14.4. The summed E-state index contributed by atoms with van der Waals surface area (Å²) in [5.41, 5.74) is 3.02. The summed E-state index contributed by atoms with van der Waals surface area (Å²) in [7, 11) is -3.64. The fourth-order valence-electron chi connectivity index (χ4n) is 3.03. The summed E-state index contributed by atoms with van der Waals surface area (Å²) in [5, 5.41) is 0. The van der Waals surface area contributed by atoms with Crippen LogP contribution < -0.4 is 4.72 Å². The van der Waals surface area contributed by atoms with Gasteiger partial charge in [-0.25, -0.2) is 13.2 Å². The molecule has 0 aliphatic carbocycles. The van der Waals surface area contributed by atoms with Gasteiger partial charge in [-0.2, -0.15) is 0 Å². The molecule has 0 unspecified atom stereocenters. The first-order valence-corrected chi connectivity index (χ1v) is 10.7. The molecule has 3 rings (SSSR count). The van der Waals surface area contributed by atoms with E-state index in [0.717, 1.165) is 16.7 Å². The molecule has 0 saturated heterocycles. The van der Waals surface area contributed by atoms with E-state index in [0.29, 0.717) is 25.2 Å². The molecule has 2 aromatic rings. The fraction of sp³-hybridized carbons (Fsp3) is 0.381. The van der Waals surface area contributed by atoms with Crippen LogP contribution in [0, 0.1) is 6.92 Å². The highest BCUT2D eigenvalue weighted by molar-refractivity contribution is 7.92. The van der Waals surface area contributed by atoms with Crippen LogP contribution in [0.5, 0.6) is 0 Å². The second kappa shape index (κ2) is 7.47. The Bertz CT molecular complexity index is 976. The molecule has 0 atom stereocenters. The standard InChI is InChI=1S/C21H26N2O4S/c1-15-5-9-19(10-6-15)28(25,26)22-18-8-7-17-14-23(12-11-16(17)13-18)20(24)27-21(2,3)4/h5-10,13,22H,11-12,14H2,1-4H3. The van der Waals surface area contributed by atoms with Crippen molar-refractivity contribution in [2.45, 2.75) is 51.2 Å². The van der Waals surface area contributed by atoms with Gasteiger partial charge in [0.05, 0.1) is 4.90 Å². The van der Waals surface area contributed by atoms with Gasteiger partial charge in [-0.1, -0.05) is 23.8 Å². The highest BCUT2D eigenvalue weighted by Gasteiger charge is 2.26. The molecule has 1 N–H and O–H groups in total. The predicted octanol–water partition coefficient (Wildman–Crippen LogP) is 4.09. The predicted molar refractivity (Wildman–Crippen MR) is 109 cm³/mol. The van der Waals surface area contributed by atoms with Gasteiger partial charge in [0.1, 0.15) is 5.60 Å². The lowest BCUT2D eigenvalue weighted by molar-refractivity contribution is 0.0224. The van der Waals surface area contributed by atoms with Crippen LogP contribution in [0.3, 0.4) is 0 Å². The van der Waals surface area contributed by atoms with Crippen LogP contribution in [0.15, 0.2) is 47.4 Å². The Kier molecular flexibility index (Phi) is 5.39. The molecule has 6 nitrogen and oxygen atoms in total. The molecule has 0 fully saturated rings. The van der Waals surface area contributed by atoms with Gasteiger partial charge in [-0.05, 0) is 69.5 Å². The van der Waals surface area contributed by atoms with Crippen LogP contribution in [-0.2, 0) is 27.7 Å². The molecule has 150 valence electrons. The molecule has 1 aliphatic heterocycles. The highest BCUT2D eigenvalue weighted by atomic mass is 32.2. The molecule has 28 heavy (non-hydrogen) atoms. The third-order valence-corrected chi connectivity index (χ3v) is 5.85. The molecule has 0 spiro atoms. The maximum absolute atomic E-state index is 12.6. The van der Waals surface area contributed by atoms with E-state index in [-0.39, 0.29) is 11.0 Å². The third kappa shape index (κ3) is 4.84. The summed E-state index contributed by atoms with van der Waals surface area (Å²) in [6, 6.07) is 12.2. The Balaban J connectivity index is 1.73. The summed E-state index contributed by atoms with van der Waals surface area (Å²) in [6.07, 6.45) is 0.316. The van der Waals surface area contributed by atoms with E-state index >= 15 is 0 Å². The number of nitrogens with one attached hydrogen (secondary N) is 1. The highest BCUT2D eigenvalue weighted by Crippen LogP contribution is 2.25. The lowest BCUT2D eigenvalue weighted by atomic mass is 9.99. The summed E-state index contributed by atoms with van der Waals surface area (Å²) >= 11 is 0. The fourth-order valence-corrected chi connectivity index (χ4v) is 4.08. The van der Waals surface area contributed by atoms with Crippen molar-refractivity contribution in [2.75, 3.05) is 11.3 Å². The van der Waals surface area contributed by atoms with Gasteiger partial charge in [-0.3, -0.25) is 4.72 Å². The van der Waals surface area contributed by atoms with Crippen molar-refractivity contribution in [1.29, 1.82) is 0 Å². The van der Waals surface area contributed by atoms with Gasteiger partial charge in [0.25, 0.3) is 10.0 Å². The molecular weight excluding hydrogens is 376 g/mol. The molecule has 0 aromatic heterocycles. The van der Waals surface area contributed by atoms with Crippen molar-refractivity contribution < 1.29 is 17.9 Å². The number of benzene rings is 2. The van der Waals surface area contributed by atoms with Gasteiger partial charge in [0.15, 0.2) is 0 Å². The Labute approximate surface area is 166 Å². The minimum absolute atomic E-state index is 0.229. The second-order valence-electron chi connectivity index (χ2n) is 8.05. The molecule has 1 heterocycles. The van der Waals surface area contributed by atoms with Crippen LogP contribution in [0.2, 0.25) is 0 Å². The summed E-state index contributed by atoms with van der Waals surface area (Å²) in [5.74, 6) is 0. The largest absolute Gasteiger partial charge is 0.444 e. The van der Waals surface area contributed by atoms with Crippen LogP contribution in [0.4, 0.5) is 10.5 Å². The number of nitrogens with zero attached hydrogens (tertiary/aromatic N) is 1. The van der Waals surface area contributed by atoms with Gasteiger partial charge in [0.2, 0.25) is 0 Å². The third-order valence-electron chi connectivity index (χ3n) is 4.45. The maximum Gasteiger partial charge on any atom is 0.410 e. The monoisotopic (exact) mass is 402 g/mol. The van der Waals surface area contributed by atoms with Gasteiger partial charge < -0.3 is 9.64 Å². The molecule has 0 saturated carbocycles. The van der Waals surface area contributed by atoms with E-state index in [1.165, 1.54) is 0 Å². The van der Waals surface area contributed by atoms with Gasteiger partial charge in [0, 0.05) is 18.8 Å². The number of anilines is 1. The number of rotatable bonds is 3. The SMILES string of the molecule is Cc1ccc(S(=O)(=O)Nc2ccc3c(c2)CCN(C(=O)OC(C)(C)C)C3)cc1. The average molecular weight is 403 g/mol. The lowest BCUT2D eigenvalue weighted by Crippen LogP contribution is -2.39. The van der Waals surface area contributed by atoms with Crippen LogP contribution in [-0.4, -0.2) is 31.6 Å². The first kappa shape index (κ1) is 20.2. The lowest BCUT2D eigenvalue weighted by Gasteiger charge is -2.31. The zero-order valence-corrected chi connectivity index (χ0v) is 17.5. The molecule has 1 amide bonds. The van der Waals surface area contributed by atoms with Crippen molar-refractivity contribution in [3.63, 3.8) is 0 Å². The quantitative estimate of drug-likeness (QED) is 0.839. The number of ether oxygens (including phenoxy) is 1. The number of amides is 1. The topological polar surface area (TPSA) is 75.7 Å². The van der Waals surface area contributed by atoms with Crippen molar-refractivity contribution in [1.82, 2.24) is 4.90 Å². The van der Waals surface area contributed by atoms with Crippen molar-refractivity contribution >= 4 is 21.8 Å². The second-order valence-corrected chi connectivity index (χ2v) is 9.74. The van der Waals surface area contributed by atoms with Crippen molar-refractivity contribution in [3.8, 4) is 0 Å². The maximum atomic E-state index is 12.6. The minimum Gasteiger partial charge on any atom is -0.444 e. The van der Waals surface area contributed by atoms with Crippen molar-refractivity contribution in [3.05, 3.63) is 59.2 Å². The summed E-state index contributed by atoms with van der Waals surface area (Å²) in [6.45, 7) is 8.43. The van der Waals surface area contributed by atoms with E-state index in [1.54, 1.807) is 35.2 Å². The van der Waals surface area contributed by atoms with Gasteiger partial charge >= 0.3 is 6.09 Å². The van der Waals surface area contributed by atoms with Crippen LogP contribution in [0.25, 0.3) is 0 Å². The number of hydrogen-bond donors (Lipinski definition) is 1. The minimum atomic E-state index is -3.64. The summed E-state index contributed by atoms with van der Waals surface area (Å²) < 4.78 is 33.2. The Hall–Kier alpha value is -2.54. The zero-order chi connectivity index (χ0) is 20.5. The van der Waals surface area contributed by atoms with Crippen molar-refractivity contribution in [2.24, 2.45) is 0 Å². The molecule has 0 radical (unpaired) electrons. The molecule has 2 aromatic carbocycles. The zero-order valence-electron chi connectivity index (χ0n) is 16.7. The number of carbonyl (C=O) groups is 1. The number of aryl methyl sites for hydroxylation is 1. The number of carbonyl (C=O) groups excluding carboxylic acids is 1. The van der Waals surface area contributed by atoms with E-state index in [2.05, 4.69) is 4.72 Å². The molecule has 7 heteroatoms. The van der Waals surface area contributed by atoms with Crippen LogP contribution in [0.1, 0.15) is 37.5 Å². The number of sulfonamides is 1. The Morgan fingerprint density at radius 1 is 1.07 bits per heavy atom. The number of hydrogen-bond acceptors (Lipinski definition) is 4. The first-order chi connectivity index (χ1) is 13.0. The molecule has 1 aliphatic rings.